The Kier molecular flexibility index (Phi) is 9.97. The van der Waals surface area contributed by atoms with Gasteiger partial charge in [-0.1, -0.05) is 102 Å². The van der Waals surface area contributed by atoms with Crippen molar-refractivity contribution in [3.05, 3.63) is 87.5 Å². The molecule has 0 fully saturated rings. The molecular formula is C36H40Cl4N4. The van der Waals surface area contributed by atoms with Gasteiger partial charge in [-0.15, -0.1) is 0 Å². The zero-order valence-electron chi connectivity index (χ0n) is 27.0. The van der Waals surface area contributed by atoms with E-state index in [0.717, 1.165) is 142 Å². The van der Waals surface area contributed by atoms with E-state index in [-0.39, 0.29) is 0 Å². The standard InChI is InChI=1S/C36H40Cl4N4/c1-9-17-18(10-2)30-26(38)32-21(13-5)22(14-6)34(43-32)28(40)36-24(16-8)23(15-7)35(44-36)27(39)33-20(12-4)19(11-3)31(42-33)25(37)29(17)41-30/h9-16H2,1-8H3. The average Bonchev–Trinajstić information content (AvgIpc) is 3.80. The lowest BCUT2D eigenvalue weighted by Crippen LogP contribution is -2.04. The highest BCUT2D eigenvalue weighted by molar-refractivity contribution is 6.52. The normalized spacial score (nSPS) is 20.8. The highest BCUT2D eigenvalue weighted by Crippen LogP contribution is 2.47. The van der Waals surface area contributed by atoms with E-state index in [2.05, 4.69) is 55.4 Å². The van der Waals surface area contributed by atoms with Crippen LogP contribution in [0.1, 0.15) is 107 Å². The number of nitrogens with zero attached hydrogens (tertiary/aromatic N) is 4. The summed E-state index contributed by atoms with van der Waals surface area (Å²) >= 11 is 29.4. The molecule has 0 radical (unpaired) electrons. The quantitative estimate of drug-likeness (QED) is 0.247. The first-order valence-corrected chi connectivity index (χ1v) is 17.5. The monoisotopic (exact) mass is 668 g/mol. The molecule has 0 saturated carbocycles. The lowest BCUT2D eigenvalue weighted by Gasteiger charge is -2.11. The van der Waals surface area contributed by atoms with Crippen LogP contribution in [-0.4, -0.2) is 22.8 Å². The molecule has 0 spiro atoms. The minimum Gasteiger partial charge on any atom is -0.245 e. The molecule has 0 aromatic carbocycles. The zero-order valence-corrected chi connectivity index (χ0v) is 30.0. The van der Waals surface area contributed by atoms with Crippen molar-refractivity contribution in [1.82, 2.24) is 0 Å². The third kappa shape index (κ3) is 4.96. The summed E-state index contributed by atoms with van der Waals surface area (Å²) in [6.07, 6.45) is 6.06. The molecular weight excluding hydrogens is 630 g/mol. The Labute approximate surface area is 282 Å². The van der Waals surface area contributed by atoms with Gasteiger partial charge in [0.05, 0.1) is 65.8 Å². The number of rotatable bonds is 8. The lowest BCUT2D eigenvalue weighted by molar-refractivity contribution is 1.04. The Balaban J connectivity index is 1.99. The van der Waals surface area contributed by atoms with Crippen LogP contribution >= 0.6 is 46.4 Å². The van der Waals surface area contributed by atoms with Crippen molar-refractivity contribution >= 4 is 69.3 Å². The third-order valence-corrected chi connectivity index (χ3v) is 10.6. The van der Waals surface area contributed by atoms with Gasteiger partial charge in [-0.2, -0.15) is 0 Å². The van der Waals surface area contributed by atoms with Crippen LogP contribution in [0.5, 0.6) is 0 Å². The Morgan fingerprint density at radius 1 is 0.295 bits per heavy atom. The van der Waals surface area contributed by atoms with E-state index in [1.54, 1.807) is 0 Å². The number of allylic oxidation sites excluding steroid dienone is 12. The van der Waals surface area contributed by atoms with E-state index in [9.17, 15) is 0 Å². The van der Waals surface area contributed by atoms with Crippen LogP contribution in [0.3, 0.4) is 0 Å². The third-order valence-electron chi connectivity index (χ3n) is 9.13. The predicted molar refractivity (Wildman–Crippen MR) is 192 cm³/mol. The summed E-state index contributed by atoms with van der Waals surface area (Å²) in [5.74, 6) is 0. The Morgan fingerprint density at radius 2 is 0.455 bits per heavy atom. The molecule has 5 aliphatic rings. The fourth-order valence-corrected chi connectivity index (χ4v) is 8.33. The molecule has 0 atom stereocenters. The average molecular weight is 671 g/mol. The molecule has 0 saturated heterocycles. The summed E-state index contributed by atoms with van der Waals surface area (Å²) in [5.41, 5.74) is 14.5. The molecule has 8 bridgehead atoms. The Morgan fingerprint density at radius 3 is 0.591 bits per heavy atom. The Bertz CT molecular complexity index is 1490. The fourth-order valence-electron chi connectivity index (χ4n) is 7.08. The van der Waals surface area contributed by atoms with E-state index in [1.165, 1.54) is 0 Å². The molecule has 0 aliphatic carbocycles. The van der Waals surface area contributed by atoms with Crippen molar-refractivity contribution in [2.45, 2.75) is 107 Å². The first kappa shape index (κ1) is 33.1. The van der Waals surface area contributed by atoms with Gasteiger partial charge in [-0.05, 0) is 96.0 Å². The zero-order chi connectivity index (χ0) is 32.0. The smallest absolute Gasteiger partial charge is 0.0925 e. The minimum atomic E-state index is 0.528. The van der Waals surface area contributed by atoms with Gasteiger partial charge in [0.2, 0.25) is 0 Å². The van der Waals surface area contributed by atoms with Crippen LogP contribution in [0.4, 0.5) is 0 Å². The topological polar surface area (TPSA) is 49.4 Å². The molecule has 0 unspecified atom stereocenters. The first-order valence-electron chi connectivity index (χ1n) is 16.0. The van der Waals surface area contributed by atoms with Crippen molar-refractivity contribution < 1.29 is 0 Å². The lowest BCUT2D eigenvalue weighted by atomic mass is 9.94. The molecule has 232 valence electrons. The SMILES string of the molecule is CCC1=C(CC)C2=C(Cl)C3=NC(=C(Cl)C4=NC(=C(Cl)C5=NC(=C(Cl)C1=N2)C(CC)=C5CC)C(CC)=C4CC)C(CC)=C3CC. The highest BCUT2D eigenvalue weighted by Gasteiger charge is 2.37. The van der Waals surface area contributed by atoms with Crippen LogP contribution in [0.25, 0.3) is 0 Å². The van der Waals surface area contributed by atoms with Gasteiger partial charge < -0.3 is 0 Å². The molecule has 0 aromatic rings. The van der Waals surface area contributed by atoms with Gasteiger partial charge >= 0.3 is 0 Å². The molecule has 44 heavy (non-hydrogen) atoms. The second kappa shape index (κ2) is 13.2. The number of fused-ring (bicyclic) bond motifs is 4. The Hall–Kier alpha value is -2.24. The summed E-state index contributed by atoms with van der Waals surface area (Å²) in [7, 11) is 0. The van der Waals surface area contributed by atoms with Crippen LogP contribution in [0, 0.1) is 0 Å². The van der Waals surface area contributed by atoms with Gasteiger partial charge in [-0.25, -0.2) is 20.0 Å². The second-order valence-corrected chi connectivity index (χ2v) is 12.7. The molecule has 5 heterocycles. The maximum atomic E-state index is 7.34. The molecule has 0 aromatic heterocycles. The van der Waals surface area contributed by atoms with Gasteiger partial charge in [0.15, 0.2) is 0 Å². The maximum Gasteiger partial charge on any atom is 0.0925 e. The van der Waals surface area contributed by atoms with Crippen LogP contribution in [0.2, 0.25) is 0 Å². The first-order chi connectivity index (χ1) is 21.2. The largest absolute Gasteiger partial charge is 0.245 e. The van der Waals surface area contributed by atoms with Crippen molar-refractivity contribution in [2.75, 3.05) is 0 Å². The maximum absolute atomic E-state index is 7.34. The van der Waals surface area contributed by atoms with Gasteiger partial charge in [0, 0.05) is 0 Å². The van der Waals surface area contributed by atoms with Gasteiger partial charge in [0.1, 0.15) is 0 Å². The van der Waals surface area contributed by atoms with Crippen molar-refractivity contribution in [3.8, 4) is 0 Å². The second-order valence-electron chi connectivity index (χ2n) is 11.1. The van der Waals surface area contributed by atoms with E-state index >= 15 is 0 Å². The molecule has 8 heteroatoms. The molecule has 0 N–H and O–H groups in total. The molecule has 5 rings (SSSR count). The predicted octanol–water partition coefficient (Wildman–Crippen LogP) is 12.1. The van der Waals surface area contributed by atoms with Gasteiger partial charge in [0.25, 0.3) is 0 Å². The number of halogens is 4. The summed E-state index contributed by atoms with van der Waals surface area (Å²) < 4.78 is 0. The van der Waals surface area contributed by atoms with Crippen LogP contribution in [0.15, 0.2) is 107 Å². The summed E-state index contributed by atoms with van der Waals surface area (Å²) in [6.45, 7) is 17.1. The summed E-state index contributed by atoms with van der Waals surface area (Å²) in [4.78, 5) is 20.7. The van der Waals surface area contributed by atoms with E-state index in [1.807, 2.05) is 0 Å². The van der Waals surface area contributed by atoms with Crippen LogP contribution < -0.4 is 0 Å². The van der Waals surface area contributed by atoms with E-state index in [4.69, 9.17) is 66.4 Å². The minimum absolute atomic E-state index is 0.528. The fraction of sp³-hybridized carbons (Fsp3) is 0.444. The molecule has 0 amide bonds. The van der Waals surface area contributed by atoms with Crippen molar-refractivity contribution in [3.63, 3.8) is 0 Å². The summed E-state index contributed by atoms with van der Waals surface area (Å²) in [6, 6.07) is 0. The summed E-state index contributed by atoms with van der Waals surface area (Å²) in [5, 5.41) is 2.11. The van der Waals surface area contributed by atoms with Crippen molar-refractivity contribution in [2.24, 2.45) is 20.0 Å². The van der Waals surface area contributed by atoms with Crippen molar-refractivity contribution in [1.29, 1.82) is 0 Å². The number of hydrogen-bond acceptors (Lipinski definition) is 4. The number of hydrogen-bond donors (Lipinski definition) is 0. The van der Waals surface area contributed by atoms with E-state index < -0.39 is 0 Å². The van der Waals surface area contributed by atoms with Gasteiger partial charge in [-0.3, -0.25) is 0 Å². The number of aliphatic imine (C=N–C) groups is 4. The molecule has 5 aliphatic heterocycles. The highest BCUT2D eigenvalue weighted by atomic mass is 35.5. The van der Waals surface area contributed by atoms with Crippen LogP contribution in [-0.2, 0) is 0 Å². The van der Waals surface area contributed by atoms with E-state index in [0.29, 0.717) is 20.1 Å². The molecule has 4 nitrogen and oxygen atoms in total.